The molecule has 80 valence electrons. The predicted octanol–water partition coefficient (Wildman–Crippen LogP) is 1.69. The van der Waals surface area contributed by atoms with Gasteiger partial charge in [-0.15, -0.1) is 0 Å². The molecule has 0 atom stereocenters. The van der Waals surface area contributed by atoms with Crippen molar-refractivity contribution < 1.29 is 0 Å². The number of nitrogens with zero attached hydrogens (tertiary/aromatic N) is 1. The fourth-order valence-electron chi connectivity index (χ4n) is 2.03. The van der Waals surface area contributed by atoms with Gasteiger partial charge in [0, 0.05) is 25.6 Å². The first-order valence-corrected chi connectivity index (χ1v) is 5.44. The average molecular weight is 202 g/mol. The number of hydrogen-bond donors (Lipinski definition) is 1. The summed E-state index contributed by atoms with van der Waals surface area (Å²) in [6.07, 6.45) is 4.08. The van der Waals surface area contributed by atoms with Crippen molar-refractivity contribution >= 4 is 6.08 Å². The largest absolute Gasteiger partial charge is 0.327 e. The fraction of sp³-hybridized carbons (Fsp3) is 0.385. The van der Waals surface area contributed by atoms with Crippen LogP contribution in [0.25, 0.3) is 6.08 Å². The molecule has 1 aliphatic rings. The van der Waals surface area contributed by atoms with E-state index in [4.69, 9.17) is 5.73 Å². The highest BCUT2D eigenvalue weighted by Gasteiger charge is 2.24. The Morgan fingerprint density at radius 1 is 1.47 bits per heavy atom. The van der Waals surface area contributed by atoms with Crippen molar-refractivity contribution in [1.29, 1.82) is 0 Å². The summed E-state index contributed by atoms with van der Waals surface area (Å²) in [4.78, 5) is 2.34. The summed E-state index contributed by atoms with van der Waals surface area (Å²) in [6.45, 7) is 2.98. The number of benzene rings is 1. The molecule has 0 unspecified atom stereocenters. The Kier molecular flexibility index (Phi) is 3.19. The minimum absolute atomic E-state index is 0.608. The van der Waals surface area contributed by atoms with E-state index < -0.39 is 0 Å². The molecule has 15 heavy (non-hydrogen) atoms. The Morgan fingerprint density at radius 3 is 2.93 bits per heavy atom. The summed E-state index contributed by atoms with van der Waals surface area (Å²) >= 11 is 0. The average Bonchev–Trinajstić information content (AvgIpc) is 2.22. The first-order chi connectivity index (χ1) is 7.29. The van der Waals surface area contributed by atoms with E-state index in [0.717, 1.165) is 5.92 Å². The molecule has 0 amide bonds. The van der Waals surface area contributed by atoms with E-state index in [9.17, 15) is 0 Å². The molecule has 1 aliphatic heterocycles. The summed E-state index contributed by atoms with van der Waals surface area (Å²) in [6, 6.07) is 8.74. The second-order valence-corrected chi connectivity index (χ2v) is 4.23. The van der Waals surface area contributed by atoms with Crippen molar-refractivity contribution in [3.63, 3.8) is 0 Å². The number of likely N-dealkylation sites (tertiary alicyclic amines) is 1. The van der Waals surface area contributed by atoms with Crippen LogP contribution in [0.5, 0.6) is 0 Å². The number of hydrogen-bond acceptors (Lipinski definition) is 2. The molecule has 2 heteroatoms. The van der Waals surface area contributed by atoms with E-state index in [0.29, 0.717) is 6.54 Å². The van der Waals surface area contributed by atoms with Gasteiger partial charge < -0.3 is 10.6 Å². The van der Waals surface area contributed by atoms with Crippen LogP contribution in [-0.4, -0.2) is 31.6 Å². The van der Waals surface area contributed by atoms with E-state index in [1.807, 2.05) is 6.08 Å². The molecule has 0 spiro atoms. The monoisotopic (exact) mass is 202 g/mol. The highest BCUT2D eigenvalue weighted by atomic mass is 15.2. The van der Waals surface area contributed by atoms with Gasteiger partial charge in [-0.3, -0.25) is 0 Å². The summed E-state index contributed by atoms with van der Waals surface area (Å²) in [5, 5.41) is 0. The summed E-state index contributed by atoms with van der Waals surface area (Å²) in [5.41, 5.74) is 8.14. The van der Waals surface area contributed by atoms with Gasteiger partial charge in [0.2, 0.25) is 0 Å². The van der Waals surface area contributed by atoms with Crippen LogP contribution in [0, 0.1) is 0 Å². The van der Waals surface area contributed by atoms with Crippen molar-refractivity contribution in [2.45, 2.75) is 5.92 Å². The second-order valence-electron chi connectivity index (χ2n) is 4.23. The summed E-state index contributed by atoms with van der Waals surface area (Å²) in [7, 11) is 2.16. The van der Waals surface area contributed by atoms with Crippen molar-refractivity contribution in [2.75, 3.05) is 26.7 Å². The van der Waals surface area contributed by atoms with E-state index in [1.54, 1.807) is 0 Å². The Hall–Kier alpha value is -1.12. The van der Waals surface area contributed by atoms with Gasteiger partial charge in [-0.2, -0.15) is 0 Å². The first kappa shape index (κ1) is 10.4. The minimum atomic E-state index is 0.608. The van der Waals surface area contributed by atoms with Crippen molar-refractivity contribution in [3.8, 4) is 0 Å². The third kappa shape index (κ3) is 2.46. The molecule has 1 heterocycles. The molecule has 0 bridgehead atoms. The summed E-state index contributed by atoms with van der Waals surface area (Å²) in [5.74, 6) is 0.723. The van der Waals surface area contributed by atoms with Crippen LogP contribution in [-0.2, 0) is 0 Å². The van der Waals surface area contributed by atoms with Gasteiger partial charge in [0.05, 0.1) is 0 Å². The van der Waals surface area contributed by atoms with Crippen LogP contribution >= 0.6 is 0 Å². The number of likely N-dealkylation sites (N-methyl/N-ethyl adjacent to an activating group) is 1. The Balaban J connectivity index is 2.09. The van der Waals surface area contributed by atoms with Crippen LogP contribution in [0.1, 0.15) is 17.0 Å². The van der Waals surface area contributed by atoms with Crippen LogP contribution in [0.15, 0.2) is 30.3 Å². The molecule has 0 saturated carbocycles. The first-order valence-electron chi connectivity index (χ1n) is 5.44. The van der Waals surface area contributed by atoms with E-state index >= 15 is 0 Å². The SMILES string of the molecule is CN1CC(c2cccc(/C=C/CN)c2)C1. The molecule has 0 aliphatic carbocycles. The van der Waals surface area contributed by atoms with Gasteiger partial charge in [0.15, 0.2) is 0 Å². The van der Waals surface area contributed by atoms with Gasteiger partial charge in [0.25, 0.3) is 0 Å². The Morgan fingerprint density at radius 2 is 2.27 bits per heavy atom. The highest BCUT2D eigenvalue weighted by molar-refractivity contribution is 5.51. The van der Waals surface area contributed by atoms with Crippen LogP contribution in [0.3, 0.4) is 0 Å². The number of rotatable bonds is 3. The molecule has 0 aromatic heterocycles. The summed E-state index contributed by atoms with van der Waals surface area (Å²) < 4.78 is 0. The second kappa shape index (κ2) is 4.60. The predicted molar refractivity (Wildman–Crippen MR) is 64.8 cm³/mol. The molecular weight excluding hydrogens is 184 g/mol. The molecular formula is C13H18N2. The lowest BCUT2D eigenvalue weighted by atomic mass is 9.91. The molecule has 2 rings (SSSR count). The van der Waals surface area contributed by atoms with Crippen molar-refractivity contribution in [1.82, 2.24) is 4.90 Å². The van der Waals surface area contributed by atoms with Crippen LogP contribution in [0.2, 0.25) is 0 Å². The third-order valence-corrected chi connectivity index (χ3v) is 2.89. The van der Waals surface area contributed by atoms with E-state index in [1.165, 1.54) is 24.2 Å². The van der Waals surface area contributed by atoms with Gasteiger partial charge in [-0.05, 0) is 18.2 Å². The maximum absolute atomic E-state index is 5.44. The Bertz CT molecular complexity index is 351. The van der Waals surface area contributed by atoms with Crippen LogP contribution in [0.4, 0.5) is 0 Å². The van der Waals surface area contributed by atoms with E-state index in [2.05, 4.69) is 42.3 Å². The maximum atomic E-state index is 5.44. The standard InChI is InChI=1S/C13H18N2/c1-15-9-13(10-15)12-6-2-4-11(8-12)5-3-7-14/h2-6,8,13H,7,9-10,14H2,1H3/b5-3+. The van der Waals surface area contributed by atoms with Gasteiger partial charge in [-0.1, -0.05) is 36.4 Å². The molecule has 2 nitrogen and oxygen atoms in total. The smallest absolute Gasteiger partial charge is 0.0110 e. The minimum Gasteiger partial charge on any atom is -0.327 e. The quantitative estimate of drug-likeness (QED) is 0.808. The zero-order valence-corrected chi connectivity index (χ0v) is 9.19. The lowest BCUT2D eigenvalue weighted by Crippen LogP contribution is -2.41. The zero-order chi connectivity index (χ0) is 10.7. The molecule has 0 radical (unpaired) electrons. The van der Waals surface area contributed by atoms with Crippen LogP contribution < -0.4 is 5.73 Å². The third-order valence-electron chi connectivity index (χ3n) is 2.89. The highest BCUT2D eigenvalue weighted by Crippen LogP contribution is 2.26. The normalized spacial score (nSPS) is 18.3. The molecule has 1 aromatic rings. The maximum Gasteiger partial charge on any atom is 0.0110 e. The van der Waals surface area contributed by atoms with Crippen molar-refractivity contribution in [2.24, 2.45) is 5.73 Å². The van der Waals surface area contributed by atoms with E-state index in [-0.39, 0.29) is 0 Å². The molecule has 2 N–H and O–H groups in total. The molecule has 1 aromatic carbocycles. The van der Waals surface area contributed by atoms with Crippen molar-refractivity contribution in [3.05, 3.63) is 41.5 Å². The van der Waals surface area contributed by atoms with Gasteiger partial charge >= 0.3 is 0 Å². The fourth-order valence-corrected chi connectivity index (χ4v) is 2.03. The number of nitrogens with two attached hydrogens (primary N) is 1. The topological polar surface area (TPSA) is 29.3 Å². The zero-order valence-electron chi connectivity index (χ0n) is 9.19. The lowest BCUT2D eigenvalue weighted by molar-refractivity contribution is 0.190. The van der Waals surface area contributed by atoms with Gasteiger partial charge in [0.1, 0.15) is 0 Å². The lowest BCUT2D eigenvalue weighted by Gasteiger charge is -2.36. The Labute approximate surface area is 91.4 Å². The molecule has 1 fully saturated rings. The van der Waals surface area contributed by atoms with Gasteiger partial charge in [-0.25, -0.2) is 0 Å². The molecule has 1 saturated heterocycles.